The summed E-state index contributed by atoms with van der Waals surface area (Å²) in [4.78, 5) is 9.15. The highest BCUT2D eigenvalue weighted by molar-refractivity contribution is 5.86. The zero-order valence-corrected chi connectivity index (χ0v) is 14.1. The number of nitrogens with one attached hydrogen (secondary N) is 1. The average Bonchev–Trinajstić information content (AvgIpc) is 3.03. The fourth-order valence-corrected chi connectivity index (χ4v) is 4.30. The molecule has 3 N–H and O–H groups in total. The topological polar surface area (TPSA) is 98.4 Å². The third-order valence-electron chi connectivity index (χ3n) is 5.65. The number of nitrogen functional groups attached to an aromatic ring is 1. The minimum atomic E-state index is 0.459. The standard InChI is InChI=1S/C18H18N8/c19-17-16-13(14-3-6-25-15(22-14)1-4-20-25)2-5-26(16)24-18(23-17)21-12-8-10-7-11(10)9-12/h1-6,10-12H,7-9H2,(H3,19,21,23,24). The van der Waals surface area contributed by atoms with E-state index >= 15 is 0 Å². The molecule has 0 aliphatic heterocycles. The number of hydrogen-bond donors (Lipinski definition) is 2. The van der Waals surface area contributed by atoms with Gasteiger partial charge >= 0.3 is 0 Å². The van der Waals surface area contributed by atoms with Gasteiger partial charge in [-0.05, 0) is 43.2 Å². The van der Waals surface area contributed by atoms with Crippen molar-refractivity contribution in [3.05, 3.63) is 36.8 Å². The molecule has 2 aliphatic carbocycles. The first kappa shape index (κ1) is 14.1. The Morgan fingerprint density at radius 3 is 2.73 bits per heavy atom. The van der Waals surface area contributed by atoms with Gasteiger partial charge in [-0.15, -0.1) is 5.10 Å². The van der Waals surface area contributed by atoms with Crippen molar-refractivity contribution >= 4 is 22.9 Å². The van der Waals surface area contributed by atoms with Gasteiger partial charge in [0, 0.05) is 30.1 Å². The quantitative estimate of drug-likeness (QED) is 0.590. The molecule has 8 heteroatoms. The molecule has 6 rings (SSSR count). The van der Waals surface area contributed by atoms with Crippen LogP contribution in [0.25, 0.3) is 22.4 Å². The molecule has 8 nitrogen and oxygen atoms in total. The van der Waals surface area contributed by atoms with E-state index in [1.54, 1.807) is 15.2 Å². The molecule has 0 bridgehead atoms. The molecule has 4 aromatic heterocycles. The molecule has 26 heavy (non-hydrogen) atoms. The lowest BCUT2D eigenvalue weighted by Gasteiger charge is -2.14. The van der Waals surface area contributed by atoms with E-state index in [0.717, 1.165) is 34.3 Å². The smallest absolute Gasteiger partial charge is 0.243 e. The van der Waals surface area contributed by atoms with Crippen LogP contribution in [0.4, 0.5) is 11.8 Å². The average molecular weight is 346 g/mol. The van der Waals surface area contributed by atoms with E-state index in [1.165, 1.54) is 19.3 Å². The molecule has 4 heterocycles. The molecular formula is C18H18N8. The van der Waals surface area contributed by atoms with E-state index < -0.39 is 0 Å². The van der Waals surface area contributed by atoms with Crippen LogP contribution in [0.5, 0.6) is 0 Å². The molecule has 4 aromatic rings. The van der Waals surface area contributed by atoms with Crippen molar-refractivity contribution in [1.29, 1.82) is 0 Å². The molecular weight excluding hydrogens is 328 g/mol. The van der Waals surface area contributed by atoms with Crippen molar-refractivity contribution in [1.82, 2.24) is 29.2 Å². The summed E-state index contributed by atoms with van der Waals surface area (Å²) in [5, 5.41) is 12.2. The van der Waals surface area contributed by atoms with Crippen LogP contribution in [-0.4, -0.2) is 35.2 Å². The van der Waals surface area contributed by atoms with Crippen molar-refractivity contribution in [2.45, 2.75) is 25.3 Å². The molecule has 0 amide bonds. The molecule has 0 aromatic carbocycles. The number of hydrogen-bond acceptors (Lipinski definition) is 6. The summed E-state index contributed by atoms with van der Waals surface area (Å²) in [6, 6.07) is 6.24. The van der Waals surface area contributed by atoms with Crippen molar-refractivity contribution in [3.63, 3.8) is 0 Å². The molecule has 2 unspecified atom stereocenters. The first-order valence-electron chi connectivity index (χ1n) is 8.97. The van der Waals surface area contributed by atoms with Crippen LogP contribution in [0.1, 0.15) is 19.3 Å². The Balaban J connectivity index is 1.39. The summed E-state index contributed by atoms with van der Waals surface area (Å²) < 4.78 is 3.52. The van der Waals surface area contributed by atoms with Crippen molar-refractivity contribution in [3.8, 4) is 11.3 Å². The Hall–Kier alpha value is -3.16. The Morgan fingerprint density at radius 2 is 1.85 bits per heavy atom. The second-order valence-electron chi connectivity index (χ2n) is 7.36. The number of anilines is 2. The summed E-state index contributed by atoms with van der Waals surface area (Å²) in [7, 11) is 0. The van der Waals surface area contributed by atoms with Crippen LogP contribution in [0, 0.1) is 11.8 Å². The molecule has 2 fully saturated rings. The van der Waals surface area contributed by atoms with Gasteiger partial charge in [0.05, 0.1) is 11.9 Å². The van der Waals surface area contributed by atoms with E-state index in [0.29, 0.717) is 17.8 Å². The van der Waals surface area contributed by atoms with Crippen LogP contribution in [0.3, 0.4) is 0 Å². The first-order chi connectivity index (χ1) is 12.7. The predicted molar refractivity (Wildman–Crippen MR) is 97.6 cm³/mol. The maximum atomic E-state index is 6.29. The van der Waals surface area contributed by atoms with Crippen LogP contribution >= 0.6 is 0 Å². The van der Waals surface area contributed by atoms with E-state index in [4.69, 9.17) is 5.73 Å². The van der Waals surface area contributed by atoms with Gasteiger partial charge < -0.3 is 11.1 Å². The second kappa shape index (κ2) is 4.94. The normalized spacial score (nSPS) is 24.2. The highest BCUT2D eigenvalue weighted by Crippen LogP contribution is 2.52. The summed E-state index contributed by atoms with van der Waals surface area (Å²) in [5.41, 5.74) is 9.60. The molecule has 2 atom stereocenters. The minimum Gasteiger partial charge on any atom is -0.382 e. The Labute approximate surface area is 149 Å². The molecule has 0 saturated heterocycles. The van der Waals surface area contributed by atoms with Gasteiger partial charge in [0.1, 0.15) is 5.52 Å². The van der Waals surface area contributed by atoms with Crippen LogP contribution in [0.15, 0.2) is 36.8 Å². The van der Waals surface area contributed by atoms with Crippen LogP contribution < -0.4 is 11.1 Å². The van der Waals surface area contributed by atoms with Gasteiger partial charge in [0.25, 0.3) is 0 Å². The summed E-state index contributed by atoms with van der Waals surface area (Å²) in [5.74, 6) is 2.89. The Bertz CT molecular complexity index is 1130. The van der Waals surface area contributed by atoms with Gasteiger partial charge in [-0.1, -0.05) is 0 Å². The zero-order valence-electron chi connectivity index (χ0n) is 14.1. The molecule has 0 radical (unpaired) electrons. The third kappa shape index (κ3) is 2.08. The van der Waals surface area contributed by atoms with Crippen molar-refractivity contribution < 1.29 is 0 Å². The third-order valence-corrected chi connectivity index (χ3v) is 5.65. The number of nitrogens with zero attached hydrogens (tertiary/aromatic N) is 6. The second-order valence-corrected chi connectivity index (χ2v) is 7.36. The van der Waals surface area contributed by atoms with Crippen LogP contribution in [0.2, 0.25) is 0 Å². The fourth-order valence-electron chi connectivity index (χ4n) is 4.30. The Morgan fingerprint density at radius 1 is 1.00 bits per heavy atom. The first-order valence-corrected chi connectivity index (χ1v) is 8.97. The molecule has 130 valence electrons. The van der Waals surface area contributed by atoms with E-state index in [2.05, 4.69) is 25.5 Å². The molecule has 2 aliphatic rings. The van der Waals surface area contributed by atoms with E-state index in [1.807, 2.05) is 30.6 Å². The number of fused-ring (bicyclic) bond motifs is 3. The summed E-state index contributed by atoms with van der Waals surface area (Å²) in [6.45, 7) is 0. The minimum absolute atomic E-state index is 0.459. The highest BCUT2D eigenvalue weighted by atomic mass is 15.3. The van der Waals surface area contributed by atoms with Crippen LogP contribution in [-0.2, 0) is 0 Å². The molecule has 0 spiro atoms. The number of rotatable bonds is 3. The maximum absolute atomic E-state index is 6.29. The fraction of sp³-hybridized carbons (Fsp3) is 0.333. The lowest BCUT2D eigenvalue weighted by atomic mass is 10.2. The van der Waals surface area contributed by atoms with Gasteiger partial charge in [-0.25, -0.2) is 14.0 Å². The zero-order chi connectivity index (χ0) is 17.3. The van der Waals surface area contributed by atoms with Gasteiger partial charge in [-0.3, -0.25) is 0 Å². The van der Waals surface area contributed by atoms with Gasteiger partial charge in [0.2, 0.25) is 5.95 Å². The van der Waals surface area contributed by atoms with Crippen molar-refractivity contribution in [2.24, 2.45) is 11.8 Å². The summed E-state index contributed by atoms with van der Waals surface area (Å²) >= 11 is 0. The van der Waals surface area contributed by atoms with Gasteiger partial charge in [0.15, 0.2) is 11.5 Å². The maximum Gasteiger partial charge on any atom is 0.243 e. The van der Waals surface area contributed by atoms with Crippen molar-refractivity contribution in [2.75, 3.05) is 11.1 Å². The summed E-state index contributed by atoms with van der Waals surface area (Å²) in [6.07, 6.45) is 9.36. The number of aromatic nitrogens is 6. The lowest BCUT2D eigenvalue weighted by molar-refractivity contribution is 0.642. The molecule has 2 saturated carbocycles. The van der Waals surface area contributed by atoms with Gasteiger partial charge in [-0.2, -0.15) is 10.1 Å². The highest BCUT2D eigenvalue weighted by Gasteiger charge is 2.45. The largest absolute Gasteiger partial charge is 0.382 e. The number of nitrogens with two attached hydrogens (primary N) is 1. The lowest BCUT2D eigenvalue weighted by Crippen LogP contribution is -2.20. The predicted octanol–water partition coefficient (Wildman–Crippen LogP) is 2.23. The van der Waals surface area contributed by atoms with E-state index in [9.17, 15) is 0 Å². The Kier molecular flexibility index (Phi) is 2.67. The van der Waals surface area contributed by atoms with E-state index in [-0.39, 0.29) is 0 Å². The monoisotopic (exact) mass is 346 g/mol. The SMILES string of the molecule is Nc1nc(NC2CC3CC3C2)nn2ccc(-c3ccn4nccc4n3)c12.